The number of amidine groups is 1. The van der Waals surface area contributed by atoms with Gasteiger partial charge in [0.2, 0.25) is 0 Å². The molecule has 0 atom stereocenters. The van der Waals surface area contributed by atoms with Crippen molar-refractivity contribution in [1.82, 2.24) is 9.88 Å². The van der Waals surface area contributed by atoms with Crippen LogP contribution in [0.2, 0.25) is 5.02 Å². The number of hydrogen-bond donors (Lipinski definition) is 1. The lowest BCUT2D eigenvalue weighted by Gasteiger charge is -2.09. The molecule has 4 rings (SSSR count). The number of halogens is 1. The molecule has 3 aromatic rings. The second-order valence-corrected chi connectivity index (χ2v) is 8.61. The van der Waals surface area contributed by atoms with E-state index < -0.39 is 0 Å². The normalized spacial score (nSPS) is 16.5. The average molecular weight is 436 g/mol. The highest BCUT2D eigenvalue weighted by Gasteiger charge is 2.24. The molecule has 0 spiro atoms. The van der Waals surface area contributed by atoms with Crippen LogP contribution in [-0.2, 0) is 11.2 Å². The second kappa shape index (κ2) is 8.54. The number of amides is 1. The van der Waals surface area contributed by atoms with Crippen LogP contribution in [0.3, 0.4) is 0 Å². The van der Waals surface area contributed by atoms with Crippen molar-refractivity contribution in [2.45, 2.75) is 27.2 Å². The van der Waals surface area contributed by atoms with E-state index in [1.807, 2.05) is 42.5 Å². The Hall–Kier alpha value is -2.76. The van der Waals surface area contributed by atoms with Crippen molar-refractivity contribution in [2.75, 3.05) is 0 Å². The molecule has 0 unspecified atom stereocenters. The summed E-state index contributed by atoms with van der Waals surface area (Å²) in [6.07, 6.45) is 2.92. The third-order valence-corrected chi connectivity index (χ3v) is 6.23. The molecule has 6 heteroatoms. The van der Waals surface area contributed by atoms with E-state index in [1.165, 1.54) is 17.3 Å². The topological polar surface area (TPSA) is 46.4 Å². The van der Waals surface area contributed by atoms with Gasteiger partial charge in [0.1, 0.15) is 0 Å². The molecule has 1 amide bonds. The lowest BCUT2D eigenvalue weighted by molar-refractivity contribution is -0.115. The molecule has 1 saturated heterocycles. The van der Waals surface area contributed by atoms with Gasteiger partial charge in [-0.05, 0) is 91.7 Å². The first-order valence-electron chi connectivity index (χ1n) is 9.78. The van der Waals surface area contributed by atoms with Crippen molar-refractivity contribution >= 4 is 46.2 Å². The van der Waals surface area contributed by atoms with Crippen LogP contribution in [0.1, 0.15) is 29.4 Å². The van der Waals surface area contributed by atoms with Crippen molar-refractivity contribution in [3.8, 4) is 5.69 Å². The average Bonchev–Trinajstić information content (AvgIpc) is 3.21. The number of carbonyl (C=O) groups excluding carboxylic acids is 1. The van der Waals surface area contributed by atoms with E-state index in [2.05, 4.69) is 53.8 Å². The second-order valence-electron chi connectivity index (χ2n) is 7.14. The van der Waals surface area contributed by atoms with Gasteiger partial charge >= 0.3 is 0 Å². The molecule has 1 aromatic heterocycles. The predicted octanol–water partition coefficient (Wildman–Crippen LogP) is 6.20. The maximum Gasteiger partial charge on any atom is 0.264 e. The van der Waals surface area contributed by atoms with Crippen LogP contribution in [0.5, 0.6) is 0 Å². The Labute approximate surface area is 185 Å². The van der Waals surface area contributed by atoms with Gasteiger partial charge in [0.15, 0.2) is 5.17 Å². The summed E-state index contributed by atoms with van der Waals surface area (Å²) < 4.78 is 2.16. The molecule has 1 aliphatic heterocycles. The van der Waals surface area contributed by atoms with Gasteiger partial charge < -0.3 is 9.88 Å². The number of thioether (sulfide) groups is 1. The maximum absolute atomic E-state index is 12.5. The van der Waals surface area contributed by atoms with Crippen molar-refractivity contribution in [3.05, 3.63) is 87.0 Å². The summed E-state index contributed by atoms with van der Waals surface area (Å²) in [7, 11) is 0. The fourth-order valence-electron chi connectivity index (χ4n) is 3.47. The number of aromatic nitrogens is 1. The lowest BCUT2D eigenvalue weighted by Crippen LogP contribution is -2.19. The van der Waals surface area contributed by atoms with E-state index in [0.717, 1.165) is 34.7 Å². The molecule has 2 heterocycles. The van der Waals surface area contributed by atoms with Gasteiger partial charge in [0, 0.05) is 22.1 Å². The summed E-state index contributed by atoms with van der Waals surface area (Å²) >= 11 is 7.39. The summed E-state index contributed by atoms with van der Waals surface area (Å²) in [6.45, 7) is 6.23. The molecule has 4 nitrogen and oxygen atoms in total. The fourth-order valence-corrected chi connectivity index (χ4v) is 4.43. The first-order chi connectivity index (χ1) is 14.4. The summed E-state index contributed by atoms with van der Waals surface area (Å²) in [5.41, 5.74) is 6.30. The van der Waals surface area contributed by atoms with Crippen LogP contribution in [-0.4, -0.2) is 15.6 Å². The van der Waals surface area contributed by atoms with Gasteiger partial charge in [0.05, 0.1) is 10.6 Å². The summed E-state index contributed by atoms with van der Waals surface area (Å²) in [5, 5.41) is 4.17. The minimum Gasteiger partial charge on any atom is -0.318 e. The highest BCUT2D eigenvalue weighted by Crippen LogP contribution is 2.30. The van der Waals surface area contributed by atoms with Crippen LogP contribution < -0.4 is 5.32 Å². The smallest absolute Gasteiger partial charge is 0.264 e. The quantitative estimate of drug-likeness (QED) is 0.496. The van der Waals surface area contributed by atoms with Gasteiger partial charge in [-0.25, -0.2) is 4.99 Å². The highest BCUT2D eigenvalue weighted by molar-refractivity contribution is 8.18. The van der Waals surface area contributed by atoms with Crippen LogP contribution in [0, 0.1) is 13.8 Å². The number of carbonyl (C=O) groups is 1. The van der Waals surface area contributed by atoms with Crippen LogP contribution in [0.25, 0.3) is 11.8 Å². The van der Waals surface area contributed by atoms with Gasteiger partial charge in [0.25, 0.3) is 5.91 Å². The van der Waals surface area contributed by atoms with Gasteiger partial charge in [-0.15, -0.1) is 0 Å². The number of rotatable bonds is 4. The third-order valence-electron chi connectivity index (χ3n) is 5.07. The molecule has 30 heavy (non-hydrogen) atoms. The summed E-state index contributed by atoms with van der Waals surface area (Å²) in [6, 6.07) is 17.9. The van der Waals surface area contributed by atoms with E-state index >= 15 is 0 Å². The maximum atomic E-state index is 12.5. The minimum atomic E-state index is -0.125. The molecular weight excluding hydrogens is 414 g/mol. The number of benzene rings is 2. The Morgan fingerprint density at radius 2 is 1.80 bits per heavy atom. The monoisotopic (exact) mass is 435 g/mol. The zero-order chi connectivity index (χ0) is 21.3. The van der Waals surface area contributed by atoms with Crippen molar-refractivity contribution in [3.63, 3.8) is 0 Å². The Morgan fingerprint density at radius 1 is 1.10 bits per heavy atom. The predicted molar refractivity (Wildman–Crippen MR) is 127 cm³/mol. The van der Waals surface area contributed by atoms with Gasteiger partial charge in [-0.2, -0.15) is 0 Å². The van der Waals surface area contributed by atoms with Crippen molar-refractivity contribution in [2.24, 2.45) is 4.99 Å². The molecular formula is C24H22ClN3OS. The van der Waals surface area contributed by atoms with E-state index in [-0.39, 0.29) is 5.91 Å². The number of nitrogens with zero attached hydrogens (tertiary/aromatic N) is 2. The summed E-state index contributed by atoms with van der Waals surface area (Å²) in [4.78, 5) is 17.7. The molecule has 1 fully saturated rings. The van der Waals surface area contributed by atoms with E-state index in [0.29, 0.717) is 15.1 Å². The first kappa shape index (κ1) is 20.5. The Kier molecular flexibility index (Phi) is 5.84. The Bertz CT molecular complexity index is 1160. The van der Waals surface area contributed by atoms with Gasteiger partial charge in [-0.1, -0.05) is 30.7 Å². The molecule has 1 aliphatic rings. The van der Waals surface area contributed by atoms with Crippen LogP contribution >= 0.6 is 23.4 Å². The zero-order valence-electron chi connectivity index (χ0n) is 17.1. The molecule has 152 valence electrons. The minimum absolute atomic E-state index is 0.125. The third kappa shape index (κ3) is 4.23. The van der Waals surface area contributed by atoms with Crippen molar-refractivity contribution < 1.29 is 4.79 Å². The lowest BCUT2D eigenvalue weighted by atomic mass is 10.2. The highest BCUT2D eigenvalue weighted by atomic mass is 35.5. The molecule has 1 N–H and O–H groups in total. The van der Waals surface area contributed by atoms with Crippen LogP contribution in [0.15, 0.2) is 64.5 Å². The molecule has 0 bridgehead atoms. The van der Waals surface area contributed by atoms with Crippen molar-refractivity contribution in [1.29, 1.82) is 0 Å². The largest absolute Gasteiger partial charge is 0.318 e. The number of nitrogens with one attached hydrogen (secondary N) is 1. The number of aliphatic imine (C=N–C) groups is 1. The Balaban J connectivity index is 1.60. The standard InChI is InChI=1S/C24H22ClN3OS/c1-4-17-5-9-20(10-6-17)26-24-27-23(29)22(30-24)14-18-13-15(2)28(16(18)3)21-11-7-19(25)8-12-21/h5-14H,4H2,1-3H3,(H,26,27,29)/b22-14+. The SMILES string of the molecule is CCc1ccc(N=C2NC(=O)/C(=C\c3cc(C)n(-c4ccc(Cl)cc4)c3C)S2)cc1. The van der Waals surface area contributed by atoms with E-state index in [4.69, 9.17) is 11.6 Å². The molecule has 2 aromatic carbocycles. The number of aryl methyl sites for hydroxylation is 2. The zero-order valence-corrected chi connectivity index (χ0v) is 18.6. The molecule has 0 aliphatic carbocycles. The first-order valence-corrected chi connectivity index (χ1v) is 11.0. The summed E-state index contributed by atoms with van der Waals surface area (Å²) in [5.74, 6) is -0.125. The molecule has 0 saturated carbocycles. The van der Waals surface area contributed by atoms with Crippen LogP contribution in [0.4, 0.5) is 5.69 Å². The number of hydrogen-bond acceptors (Lipinski definition) is 3. The fraction of sp³-hybridized carbons (Fsp3) is 0.167. The van der Waals surface area contributed by atoms with E-state index in [9.17, 15) is 4.79 Å². The van der Waals surface area contributed by atoms with E-state index in [1.54, 1.807) is 0 Å². The Morgan fingerprint density at radius 3 is 2.47 bits per heavy atom. The molecule has 0 radical (unpaired) electrons. The van der Waals surface area contributed by atoms with Gasteiger partial charge in [-0.3, -0.25) is 4.79 Å².